The van der Waals surface area contributed by atoms with E-state index in [0.717, 1.165) is 73.5 Å². The molecule has 5 aromatic carbocycles. The minimum atomic E-state index is -4.74. The third-order valence-electron chi connectivity index (χ3n) is 19.1. The second kappa shape index (κ2) is 32.8. The molecule has 0 radical (unpaired) electrons. The van der Waals surface area contributed by atoms with Gasteiger partial charge in [-0.2, -0.15) is 55.3 Å². The number of aromatic nitrogens is 1. The van der Waals surface area contributed by atoms with E-state index in [4.69, 9.17) is 0 Å². The maximum absolute atomic E-state index is 14.0. The number of rotatable bonds is 12. The van der Waals surface area contributed by atoms with Crippen molar-refractivity contribution in [2.75, 3.05) is 47.3 Å². The zero-order valence-corrected chi connectivity index (χ0v) is 62.4. The summed E-state index contributed by atoms with van der Waals surface area (Å²) in [4.78, 5) is 105. The normalized spacial score (nSPS) is 18.4. The number of imide groups is 1. The summed E-state index contributed by atoms with van der Waals surface area (Å²) in [5.41, 5.74) is -1.03. The fourth-order valence-electron chi connectivity index (χ4n) is 14.1. The molecular formula is C79H76F9N11O11S2. The molecule has 0 saturated carbocycles. The van der Waals surface area contributed by atoms with Crippen LogP contribution in [-0.2, 0) is 52.6 Å². The van der Waals surface area contributed by atoms with Crippen LogP contribution >= 0.6 is 0 Å². The van der Waals surface area contributed by atoms with Gasteiger partial charge in [0, 0.05) is 91.9 Å². The smallest absolute Gasteiger partial charge is 0.337 e. The highest BCUT2D eigenvalue weighted by atomic mass is 32.2. The Balaban J connectivity index is 0.000000192. The van der Waals surface area contributed by atoms with E-state index in [-0.39, 0.29) is 165 Å². The summed E-state index contributed by atoms with van der Waals surface area (Å²) in [7, 11) is -6.40. The third-order valence-corrected chi connectivity index (χ3v) is 21.4. The lowest BCUT2D eigenvalue weighted by Crippen LogP contribution is -2.57. The summed E-state index contributed by atoms with van der Waals surface area (Å²) >= 11 is 0. The van der Waals surface area contributed by atoms with Crippen LogP contribution in [0.1, 0.15) is 174 Å². The highest BCUT2D eigenvalue weighted by Gasteiger charge is 2.51. The van der Waals surface area contributed by atoms with Crippen LogP contribution < -0.4 is 20.0 Å². The molecule has 3 unspecified atom stereocenters. The molecule has 33 heteroatoms. The van der Waals surface area contributed by atoms with Crippen molar-refractivity contribution in [2.24, 2.45) is 5.41 Å². The lowest BCUT2D eigenvalue weighted by atomic mass is 9.83. The summed E-state index contributed by atoms with van der Waals surface area (Å²) in [5.74, 6) is -0.931. The summed E-state index contributed by atoms with van der Waals surface area (Å²) in [5, 5.41) is 30.5. The number of carbonyl (C=O) groups is 7. The number of nitrogens with zero attached hydrogens (tertiary/aromatic N) is 10. The number of nitriles is 3. The topological polar surface area (TPSA) is 304 Å². The molecule has 3 aliphatic carbocycles. The lowest BCUT2D eigenvalue weighted by Gasteiger charge is -2.45. The van der Waals surface area contributed by atoms with Gasteiger partial charge in [-0.15, -0.1) is 0 Å². The maximum Gasteiger partial charge on any atom is 0.433 e. The Labute approximate surface area is 640 Å². The zero-order chi connectivity index (χ0) is 81.4. The molecule has 3 atom stereocenters. The van der Waals surface area contributed by atoms with Gasteiger partial charge in [0.15, 0.2) is 37.0 Å². The predicted molar refractivity (Wildman–Crippen MR) is 392 cm³/mol. The Morgan fingerprint density at radius 1 is 0.527 bits per heavy atom. The molecule has 112 heavy (non-hydrogen) atoms. The van der Waals surface area contributed by atoms with Gasteiger partial charge in [-0.25, -0.2) is 40.9 Å². The quantitative estimate of drug-likeness (QED) is 0.111. The first kappa shape index (κ1) is 84.5. The average molecular weight is 1590 g/mol. The summed E-state index contributed by atoms with van der Waals surface area (Å²) in [6, 6.07) is 24.4. The van der Waals surface area contributed by atoms with Crippen molar-refractivity contribution in [3.8, 4) is 18.2 Å². The van der Waals surface area contributed by atoms with Crippen LogP contribution in [0.25, 0.3) is 0 Å². The summed E-state index contributed by atoms with van der Waals surface area (Å²) in [6.45, 7) is 7.92. The Morgan fingerprint density at radius 2 is 0.946 bits per heavy atom. The number of benzene rings is 5. The Hall–Kier alpha value is -11.5. The van der Waals surface area contributed by atoms with Crippen molar-refractivity contribution < 1.29 is 89.9 Å². The van der Waals surface area contributed by atoms with Gasteiger partial charge in [-0.3, -0.25) is 34.1 Å². The highest BCUT2D eigenvalue weighted by Crippen LogP contribution is 2.50. The number of pyridine rings is 1. The van der Waals surface area contributed by atoms with E-state index in [1.54, 1.807) is 12.1 Å². The van der Waals surface area contributed by atoms with E-state index >= 15 is 0 Å². The zero-order valence-electron chi connectivity index (χ0n) is 60.7. The van der Waals surface area contributed by atoms with Crippen molar-refractivity contribution >= 4 is 78.2 Å². The number of sulfone groups is 2. The molecule has 588 valence electrons. The molecule has 0 spiro atoms. The van der Waals surface area contributed by atoms with Gasteiger partial charge in [0.05, 0.1) is 91.0 Å². The number of urea groups is 4. The highest BCUT2D eigenvalue weighted by molar-refractivity contribution is 7.91. The third kappa shape index (κ3) is 17.6. The minimum absolute atomic E-state index is 0. The van der Waals surface area contributed by atoms with E-state index < -0.39 is 97.3 Å². The number of hydrogen-bond donors (Lipinski definition) is 1. The number of amides is 8. The Morgan fingerprint density at radius 3 is 1.38 bits per heavy atom. The number of allylic oxidation sites excluding steroid dienone is 3. The van der Waals surface area contributed by atoms with E-state index in [2.05, 4.69) is 10.3 Å². The number of hydrogen-bond acceptors (Lipinski definition) is 15. The van der Waals surface area contributed by atoms with E-state index in [0.29, 0.717) is 43.2 Å². The largest absolute Gasteiger partial charge is 0.433 e. The SMILES string of the molecule is C.CC(C)(C)CNC(=O)N1C(=O)N(c2cccc(C(F)(F)F)c2)C2=C(C(=O)CCC2)C1c1ccc(C#N)cc1.CCCCN1C(=O)N(c2cccc(C(F)(F)F)c2)C2=C(C(=O)CCC2)C1c1ccc(C#N)cc1S(C)(=O)=O.CN1C(=O)N(c2ccnc(C(F)(F)F)c2)C2=C(C(=O)CCC2)C1c1ccc(C#N)cc1S(C)(=O)=O. The molecule has 3 aliphatic heterocycles. The average Bonchev–Trinajstić information content (AvgIpc) is 0.730. The fourth-order valence-corrected chi connectivity index (χ4v) is 16.0. The monoisotopic (exact) mass is 1590 g/mol. The molecule has 12 rings (SSSR count). The van der Waals surface area contributed by atoms with Crippen molar-refractivity contribution in [2.45, 2.75) is 152 Å². The molecule has 6 aliphatic rings. The molecule has 0 saturated heterocycles. The minimum Gasteiger partial charge on any atom is -0.337 e. The number of Topliss-reactive ketones (excluding diaryl/α,β-unsaturated/α-hetero) is 3. The number of likely N-dealkylation sites (N-methyl/N-ethyl adjacent to an activating group) is 1. The summed E-state index contributed by atoms with van der Waals surface area (Å²) in [6.07, 6.45) is -7.55. The molecule has 6 aromatic rings. The standard InChI is InChI=1S/C28H27F3N4O3.C27H26F3N3O4S.C23H19F3N4O4S.CH4/c1-27(2,3)16-33-25(37)35-24(18-12-10-17(15-32)11-13-18)23-21(8-5-9-22(23)36)34(26(35)38)20-7-4-6-19(14-20)28(29,30)31;1-3-4-13-32-25(20-12-11-17(16-31)14-23(20)38(2,36)37)24-21(9-6-10-22(24)34)33(26(32)35)19-8-5-7-18(15-19)27(28,29)30;1-29-21(15-7-6-13(12-27)10-18(15)35(2,33)34)20-16(4-3-5-17(20)31)30(22(29)32)14-8-9-28-19(11-14)23(24,25)26;/h4,6-7,10-14,24H,5,8-9,16H2,1-3H3,(H,33,37);5,7-8,11-12,14-15,25H,3-4,6,9-10,13H2,1-2H3;6-11,21H,3-5H2,1-2H3;1H4. The van der Waals surface area contributed by atoms with Gasteiger partial charge in [0.25, 0.3) is 0 Å². The van der Waals surface area contributed by atoms with Crippen LogP contribution in [0.2, 0.25) is 0 Å². The first-order valence-corrected chi connectivity index (χ1v) is 38.6. The van der Waals surface area contributed by atoms with Gasteiger partial charge in [0.1, 0.15) is 5.69 Å². The number of ketones is 3. The number of alkyl halides is 9. The number of unbranched alkanes of at least 4 members (excludes halogenated alkanes) is 1. The maximum atomic E-state index is 14.0. The van der Waals surface area contributed by atoms with Crippen LogP contribution in [0.4, 0.5) is 75.8 Å². The Kier molecular flexibility index (Phi) is 24.8. The summed E-state index contributed by atoms with van der Waals surface area (Å²) < 4.78 is 172. The lowest BCUT2D eigenvalue weighted by molar-refractivity contribution is -0.141. The van der Waals surface area contributed by atoms with E-state index in [1.807, 2.05) is 45.9 Å². The van der Waals surface area contributed by atoms with Gasteiger partial charge < -0.3 is 15.1 Å². The predicted octanol–water partition coefficient (Wildman–Crippen LogP) is 16.7. The molecule has 0 bridgehead atoms. The van der Waals surface area contributed by atoms with Crippen LogP contribution in [0.15, 0.2) is 171 Å². The van der Waals surface area contributed by atoms with Crippen molar-refractivity contribution in [1.29, 1.82) is 15.8 Å². The number of nitrogens with one attached hydrogen (secondary N) is 1. The molecule has 1 aromatic heterocycles. The van der Waals surface area contributed by atoms with Crippen molar-refractivity contribution in [3.63, 3.8) is 0 Å². The first-order chi connectivity index (χ1) is 52.0. The first-order valence-electron chi connectivity index (χ1n) is 34.8. The van der Waals surface area contributed by atoms with Crippen LogP contribution in [-0.4, -0.2) is 111 Å². The van der Waals surface area contributed by atoms with Crippen molar-refractivity contribution in [1.82, 2.24) is 25.0 Å². The van der Waals surface area contributed by atoms with Crippen LogP contribution in [0.3, 0.4) is 0 Å². The molecule has 4 heterocycles. The second-order valence-electron chi connectivity index (χ2n) is 28.2. The second-order valence-corrected chi connectivity index (χ2v) is 32.2. The van der Waals surface area contributed by atoms with Gasteiger partial charge in [0.2, 0.25) is 0 Å². The molecular weight excluding hydrogens is 1510 g/mol. The number of anilines is 3. The molecule has 1 N–H and O–H groups in total. The van der Waals surface area contributed by atoms with E-state index in [1.165, 1.54) is 90.8 Å². The number of carbonyl (C=O) groups excluding carboxylic acids is 7. The molecule has 22 nitrogen and oxygen atoms in total. The molecule has 8 amide bonds. The molecule has 0 fully saturated rings. The van der Waals surface area contributed by atoms with Crippen LogP contribution in [0.5, 0.6) is 0 Å². The fraction of sp³-hybridized carbons (Fsp3) is 0.354. The van der Waals surface area contributed by atoms with Gasteiger partial charge >= 0.3 is 42.7 Å². The Bertz CT molecular complexity index is 5280. The van der Waals surface area contributed by atoms with E-state index in [9.17, 15) is 106 Å². The van der Waals surface area contributed by atoms with Crippen LogP contribution in [0, 0.1) is 39.4 Å². The number of halogens is 9. The van der Waals surface area contributed by atoms with Gasteiger partial charge in [-0.05, 0) is 152 Å². The van der Waals surface area contributed by atoms with Crippen molar-refractivity contribution in [3.05, 3.63) is 212 Å². The van der Waals surface area contributed by atoms with Gasteiger partial charge in [-0.1, -0.05) is 77.9 Å².